The minimum Gasteiger partial charge on any atom is -0.481 e. The second-order valence-electron chi connectivity index (χ2n) is 3.23. The molecule has 0 aliphatic rings. The highest BCUT2D eigenvalue weighted by Crippen LogP contribution is 2.33. The average molecular weight is 237 g/mol. The Kier molecular flexibility index (Phi) is 3.22. The van der Waals surface area contributed by atoms with Gasteiger partial charge in [-0.15, -0.1) is 0 Å². The molecule has 0 bridgehead atoms. The van der Waals surface area contributed by atoms with Crippen molar-refractivity contribution in [3.8, 4) is 0 Å². The number of nitrogens with zero attached hydrogens (tertiary/aromatic N) is 2. The topological polar surface area (TPSA) is 81.1 Å². The van der Waals surface area contributed by atoms with Crippen molar-refractivity contribution in [1.82, 2.24) is 9.78 Å². The number of aryl methyl sites for hydroxylation is 1. The van der Waals surface area contributed by atoms with Crippen molar-refractivity contribution in [2.24, 2.45) is 12.8 Å². The SMILES string of the molecule is Cn1cc(C(CN)C(=O)O)c(C(F)(F)F)n1. The summed E-state index contributed by atoms with van der Waals surface area (Å²) in [6.07, 6.45) is -3.66. The number of rotatable bonds is 3. The van der Waals surface area contributed by atoms with Crippen molar-refractivity contribution in [3.05, 3.63) is 17.5 Å². The van der Waals surface area contributed by atoms with Crippen molar-refractivity contribution < 1.29 is 23.1 Å². The molecule has 3 N–H and O–H groups in total. The average Bonchev–Trinajstić information content (AvgIpc) is 2.47. The molecule has 0 radical (unpaired) electrons. The van der Waals surface area contributed by atoms with Gasteiger partial charge in [-0.3, -0.25) is 9.48 Å². The maximum atomic E-state index is 12.5. The summed E-state index contributed by atoms with van der Waals surface area (Å²) in [6, 6.07) is 0. The number of halogens is 3. The third-order valence-corrected chi connectivity index (χ3v) is 2.03. The Morgan fingerprint density at radius 1 is 1.69 bits per heavy atom. The molecule has 5 nitrogen and oxygen atoms in total. The predicted molar refractivity (Wildman–Crippen MR) is 47.6 cm³/mol. The maximum Gasteiger partial charge on any atom is 0.435 e. The molecule has 1 aromatic rings. The van der Waals surface area contributed by atoms with Gasteiger partial charge in [-0.25, -0.2) is 0 Å². The zero-order valence-electron chi connectivity index (χ0n) is 8.32. The quantitative estimate of drug-likeness (QED) is 0.805. The van der Waals surface area contributed by atoms with E-state index in [-0.39, 0.29) is 0 Å². The van der Waals surface area contributed by atoms with Gasteiger partial charge in [-0.2, -0.15) is 18.3 Å². The summed E-state index contributed by atoms with van der Waals surface area (Å²) >= 11 is 0. The Morgan fingerprint density at radius 3 is 2.62 bits per heavy atom. The Bertz CT molecular complexity index is 400. The first-order valence-electron chi connectivity index (χ1n) is 4.31. The van der Waals surface area contributed by atoms with Gasteiger partial charge in [-0.05, 0) is 0 Å². The van der Waals surface area contributed by atoms with E-state index in [1.54, 1.807) is 0 Å². The van der Waals surface area contributed by atoms with Gasteiger partial charge in [0.1, 0.15) is 0 Å². The monoisotopic (exact) mass is 237 g/mol. The molecule has 1 rings (SSSR count). The van der Waals surface area contributed by atoms with Crippen LogP contribution in [0.1, 0.15) is 17.2 Å². The van der Waals surface area contributed by atoms with Crippen LogP contribution in [-0.2, 0) is 18.0 Å². The third kappa shape index (κ3) is 2.32. The first-order valence-corrected chi connectivity index (χ1v) is 4.31. The summed E-state index contributed by atoms with van der Waals surface area (Å²) in [6.45, 7) is -0.413. The number of carbonyl (C=O) groups is 1. The molecule has 0 aliphatic heterocycles. The third-order valence-electron chi connectivity index (χ3n) is 2.03. The van der Waals surface area contributed by atoms with Crippen molar-refractivity contribution in [3.63, 3.8) is 0 Å². The van der Waals surface area contributed by atoms with Gasteiger partial charge in [-0.1, -0.05) is 0 Å². The molecule has 0 aliphatic carbocycles. The smallest absolute Gasteiger partial charge is 0.435 e. The Morgan fingerprint density at radius 2 is 2.25 bits per heavy atom. The van der Waals surface area contributed by atoms with E-state index >= 15 is 0 Å². The largest absolute Gasteiger partial charge is 0.481 e. The van der Waals surface area contributed by atoms with Crippen LogP contribution in [0.2, 0.25) is 0 Å². The van der Waals surface area contributed by atoms with E-state index in [2.05, 4.69) is 5.10 Å². The number of hydrogen-bond acceptors (Lipinski definition) is 3. The number of aliphatic carboxylic acids is 1. The van der Waals surface area contributed by atoms with Crippen molar-refractivity contribution >= 4 is 5.97 Å². The highest BCUT2D eigenvalue weighted by molar-refractivity contribution is 5.76. The van der Waals surface area contributed by atoms with Gasteiger partial charge < -0.3 is 10.8 Å². The van der Waals surface area contributed by atoms with Crippen molar-refractivity contribution in [1.29, 1.82) is 0 Å². The summed E-state index contributed by atoms with van der Waals surface area (Å²) < 4.78 is 38.5. The summed E-state index contributed by atoms with van der Waals surface area (Å²) in [5.74, 6) is -2.80. The Hall–Kier alpha value is -1.57. The summed E-state index contributed by atoms with van der Waals surface area (Å²) in [5, 5.41) is 11.9. The van der Waals surface area contributed by atoms with E-state index in [9.17, 15) is 18.0 Å². The van der Waals surface area contributed by atoms with Crippen LogP contribution >= 0.6 is 0 Å². The van der Waals surface area contributed by atoms with Gasteiger partial charge in [0.25, 0.3) is 0 Å². The summed E-state index contributed by atoms with van der Waals surface area (Å²) in [4.78, 5) is 10.7. The van der Waals surface area contributed by atoms with E-state index in [1.807, 2.05) is 0 Å². The number of nitrogens with two attached hydrogens (primary N) is 1. The van der Waals surface area contributed by atoms with Gasteiger partial charge in [0.2, 0.25) is 0 Å². The van der Waals surface area contributed by atoms with Crippen LogP contribution in [0, 0.1) is 0 Å². The van der Waals surface area contributed by atoms with Crippen LogP contribution in [0.4, 0.5) is 13.2 Å². The van der Waals surface area contributed by atoms with Gasteiger partial charge >= 0.3 is 12.1 Å². The number of aromatic nitrogens is 2. The molecule has 90 valence electrons. The first kappa shape index (κ1) is 12.5. The molecular formula is C8H10F3N3O2. The van der Waals surface area contributed by atoms with Crippen LogP contribution in [0.25, 0.3) is 0 Å². The van der Waals surface area contributed by atoms with Crippen LogP contribution in [0.5, 0.6) is 0 Å². The lowest BCUT2D eigenvalue weighted by molar-refractivity contribution is -0.143. The molecule has 0 fully saturated rings. The Balaban J connectivity index is 3.27. The van der Waals surface area contributed by atoms with E-state index in [4.69, 9.17) is 10.8 Å². The molecule has 16 heavy (non-hydrogen) atoms. The summed E-state index contributed by atoms with van der Waals surface area (Å²) in [7, 11) is 1.29. The lowest BCUT2D eigenvalue weighted by Gasteiger charge is -2.11. The first-order chi connectivity index (χ1) is 7.27. The zero-order chi connectivity index (χ0) is 12.5. The molecule has 0 aromatic carbocycles. The van der Waals surface area contributed by atoms with E-state index in [0.717, 1.165) is 10.9 Å². The van der Waals surface area contributed by atoms with Gasteiger partial charge in [0, 0.05) is 25.4 Å². The maximum absolute atomic E-state index is 12.5. The highest BCUT2D eigenvalue weighted by atomic mass is 19.4. The molecule has 1 heterocycles. The van der Waals surface area contributed by atoms with Crippen molar-refractivity contribution in [2.45, 2.75) is 12.1 Å². The fourth-order valence-electron chi connectivity index (χ4n) is 1.34. The second-order valence-corrected chi connectivity index (χ2v) is 3.23. The van der Waals surface area contributed by atoms with Crippen LogP contribution in [-0.4, -0.2) is 27.4 Å². The number of hydrogen-bond donors (Lipinski definition) is 2. The fourth-order valence-corrected chi connectivity index (χ4v) is 1.34. The van der Waals surface area contributed by atoms with Crippen molar-refractivity contribution in [2.75, 3.05) is 6.54 Å². The minimum atomic E-state index is -4.68. The molecule has 1 atom stereocenters. The molecule has 0 saturated heterocycles. The van der Waals surface area contributed by atoms with Crippen LogP contribution in [0.15, 0.2) is 6.20 Å². The molecule has 0 amide bonds. The lowest BCUT2D eigenvalue weighted by atomic mass is 10.00. The molecular weight excluding hydrogens is 227 g/mol. The molecule has 8 heteroatoms. The zero-order valence-corrected chi connectivity index (χ0v) is 8.32. The normalized spacial score (nSPS) is 13.8. The standard InChI is InChI=1S/C8H10F3N3O2/c1-14-3-5(4(2-12)7(15)16)6(13-14)8(9,10)11/h3-4H,2,12H2,1H3,(H,15,16). The fraction of sp³-hybridized carbons (Fsp3) is 0.500. The van der Waals surface area contributed by atoms with E-state index in [1.165, 1.54) is 7.05 Å². The summed E-state index contributed by atoms with van der Waals surface area (Å²) in [5.41, 5.74) is 3.53. The molecule has 1 unspecified atom stereocenters. The lowest BCUT2D eigenvalue weighted by Crippen LogP contribution is -2.23. The molecule has 0 spiro atoms. The Labute approximate surface area is 88.7 Å². The predicted octanol–water partition coefficient (Wildman–Crippen LogP) is 0.566. The van der Waals surface area contributed by atoms with E-state index in [0.29, 0.717) is 0 Å². The molecule has 1 aromatic heterocycles. The second kappa shape index (κ2) is 4.12. The van der Waals surface area contributed by atoms with Gasteiger partial charge in [0.15, 0.2) is 5.69 Å². The minimum absolute atomic E-state index is 0.412. The number of carboxylic acid groups (broad SMARTS) is 1. The van der Waals surface area contributed by atoms with E-state index < -0.39 is 35.9 Å². The number of alkyl halides is 3. The van der Waals surface area contributed by atoms with Crippen LogP contribution < -0.4 is 5.73 Å². The molecule has 0 saturated carbocycles. The van der Waals surface area contributed by atoms with Crippen LogP contribution in [0.3, 0.4) is 0 Å². The van der Waals surface area contributed by atoms with Gasteiger partial charge in [0.05, 0.1) is 5.92 Å². The number of carboxylic acids is 1. The highest BCUT2D eigenvalue weighted by Gasteiger charge is 2.40.